The number of hydrogen-bond acceptors (Lipinski definition) is 1. The van der Waals surface area contributed by atoms with Crippen LogP contribution in [-0.2, 0) is 0 Å². The number of rotatable bonds is 1. The maximum Gasteiger partial charge on any atom is 0.0585 e. The Morgan fingerprint density at radius 2 is 2.20 bits per heavy atom. The van der Waals surface area contributed by atoms with Crippen molar-refractivity contribution in [2.45, 2.75) is 0 Å². The van der Waals surface area contributed by atoms with Crippen molar-refractivity contribution in [3.05, 3.63) is 28.7 Å². The van der Waals surface area contributed by atoms with Gasteiger partial charge >= 0.3 is 0 Å². The van der Waals surface area contributed by atoms with Gasteiger partial charge in [0.2, 0.25) is 0 Å². The molecule has 0 saturated carbocycles. The SMILES string of the molecule is CN(C)c1[c]cccc1Br. The molecule has 0 aliphatic carbocycles. The quantitative estimate of drug-likeness (QED) is 0.670. The molecule has 0 spiro atoms. The van der Waals surface area contributed by atoms with Gasteiger partial charge in [-0.05, 0) is 22.0 Å². The third kappa shape index (κ3) is 1.51. The normalized spacial score (nSPS) is 9.50. The summed E-state index contributed by atoms with van der Waals surface area (Å²) in [5.41, 5.74) is 1.09. The predicted octanol–water partition coefficient (Wildman–Crippen LogP) is 2.32. The van der Waals surface area contributed by atoms with E-state index in [1.807, 2.05) is 37.2 Å². The summed E-state index contributed by atoms with van der Waals surface area (Å²) in [6.45, 7) is 0. The third-order valence-corrected chi connectivity index (χ3v) is 1.87. The maximum absolute atomic E-state index is 3.42. The molecule has 0 atom stereocenters. The molecule has 2 heteroatoms. The van der Waals surface area contributed by atoms with Gasteiger partial charge in [-0.15, -0.1) is 0 Å². The first-order valence-corrected chi connectivity index (χ1v) is 3.84. The van der Waals surface area contributed by atoms with Gasteiger partial charge in [0.15, 0.2) is 0 Å². The van der Waals surface area contributed by atoms with Gasteiger partial charge in [-0.25, -0.2) is 0 Å². The summed E-state index contributed by atoms with van der Waals surface area (Å²) in [7, 11) is 3.99. The average Bonchev–Trinajstić information content (AvgIpc) is 1.88. The van der Waals surface area contributed by atoms with Crippen molar-refractivity contribution in [1.82, 2.24) is 0 Å². The molecule has 1 radical (unpaired) electrons. The largest absolute Gasteiger partial charge is 0.376 e. The van der Waals surface area contributed by atoms with Crippen LogP contribution in [0.2, 0.25) is 0 Å². The predicted molar refractivity (Wildman–Crippen MR) is 47.3 cm³/mol. The van der Waals surface area contributed by atoms with Crippen LogP contribution in [0.5, 0.6) is 0 Å². The first-order chi connectivity index (χ1) is 4.72. The summed E-state index contributed by atoms with van der Waals surface area (Å²) in [6.07, 6.45) is 0. The van der Waals surface area contributed by atoms with Crippen molar-refractivity contribution in [1.29, 1.82) is 0 Å². The van der Waals surface area contributed by atoms with E-state index in [0.29, 0.717) is 0 Å². The summed E-state index contributed by atoms with van der Waals surface area (Å²) in [5.74, 6) is 0. The van der Waals surface area contributed by atoms with E-state index in [2.05, 4.69) is 22.0 Å². The number of benzene rings is 1. The highest BCUT2D eigenvalue weighted by molar-refractivity contribution is 9.10. The number of para-hydroxylation sites is 1. The zero-order valence-corrected chi connectivity index (χ0v) is 7.64. The zero-order chi connectivity index (χ0) is 7.56. The minimum atomic E-state index is 1.08. The highest BCUT2D eigenvalue weighted by atomic mass is 79.9. The highest BCUT2D eigenvalue weighted by Crippen LogP contribution is 2.22. The van der Waals surface area contributed by atoms with E-state index >= 15 is 0 Å². The number of hydrogen-bond donors (Lipinski definition) is 0. The van der Waals surface area contributed by atoms with Crippen LogP contribution in [0.3, 0.4) is 0 Å². The lowest BCUT2D eigenvalue weighted by molar-refractivity contribution is 1.12. The second-order valence-electron chi connectivity index (χ2n) is 2.26. The lowest BCUT2D eigenvalue weighted by Crippen LogP contribution is -2.08. The molecule has 0 saturated heterocycles. The second kappa shape index (κ2) is 3.06. The van der Waals surface area contributed by atoms with Crippen molar-refractivity contribution in [2.24, 2.45) is 0 Å². The van der Waals surface area contributed by atoms with Crippen LogP contribution in [0.1, 0.15) is 0 Å². The topological polar surface area (TPSA) is 3.24 Å². The molecule has 0 unspecified atom stereocenters. The minimum absolute atomic E-state index is 1.08. The molecule has 10 heavy (non-hydrogen) atoms. The van der Waals surface area contributed by atoms with Gasteiger partial charge in [-0.1, -0.05) is 12.1 Å². The Kier molecular flexibility index (Phi) is 2.33. The molecular formula is C8H9BrN. The summed E-state index contributed by atoms with van der Waals surface area (Å²) in [6, 6.07) is 8.98. The fourth-order valence-electron chi connectivity index (χ4n) is 0.750. The summed E-state index contributed by atoms with van der Waals surface area (Å²) < 4.78 is 1.08. The van der Waals surface area contributed by atoms with Crippen molar-refractivity contribution >= 4 is 21.6 Å². The Hall–Kier alpha value is -0.500. The van der Waals surface area contributed by atoms with Crippen molar-refractivity contribution < 1.29 is 0 Å². The summed E-state index contributed by atoms with van der Waals surface area (Å²) in [4.78, 5) is 2.02. The van der Waals surface area contributed by atoms with Crippen LogP contribution in [0.4, 0.5) is 5.69 Å². The van der Waals surface area contributed by atoms with E-state index in [9.17, 15) is 0 Å². The molecule has 1 nitrogen and oxygen atoms in total. The molecule has 1 aromatic rings. The van der Waals surface area contributed by atoms with Crippen LogP contribution >= 0.6 is 15.9 Å². The standard InChI is InChI=1S/C8H9BrN/c1-10(2)8-6-4-3-5-7(8)9/h3-5H,1-2H3. The molecule has 0 aromatic heterocycles. The molecule has 0 N–H and O–H groups in total. The van der Waals surface area contributed by atoms with Crippen LogP contribution in [0.25, 0.3) is 0 Å². The molecule has 0 bridgehead atoms. The maximum atomic E-state index is 3.42. The van der Waals surface area contributed by atoms with E-state index in [-0.39, 0.29) is 0 Å². The van der Waals surface area contributed by atoms with Crippen LogP contribution < -0.4 is 4.90 Å². The third-order valence-electron chi connectivity index (χ3n) is 1.23. The van der Waals surface area contributed by atoms with E-state index < -0.39 is 0 Å². The lowest BCUT2D eigenvalue weighted by atomic mass is 10.3. The fourth-order valence-corrected chi connectivity index (χ4v) is 1.37. The van der Waals surface area contributed by atoms with Gasteiger partial charge in [0.1, 0.15) is 0 Å². The van der Waals surface area contributed by atoms with Crippen LogP contribution in [-0.4, -0.2) is 14.1 Å². The van der Waals surface area contributed by atoms with Gasteiger partial charge in [-0.3, -0.25) is 0 Å². The highest BCUT2D eigenvalue weighted by Gasteiger charge is 1.97. The van der Waals surface area contributed by atoms with E-state index in [1.165, 1.54) is 0 Å². The van der Waals surface area contributed by atoms with Crippen LogP contribution in [0, 0.1) is 6.07 Å². The van der Waals surface area contributed by atoms with Crippen LogP contribution in [0.15, 0.2) is 22.7 Å². The molecule has 0 amide bonds. The molecule has 0 heterocycles. The monoisotopic (exact) mass is 198 g/mol. The Balaban J connectivity index is 3.03. The second-order valence-corrected chi connectivity index (χ2v) is 3.12. The molecule has 0 aliphatic rings. The van der Waals surface area contributed by atoms with E-state index in [1.54, 1.807) is 0 Å². The van der Waals surface area contributed by atoms with Gasteiger partial charge in [0.25, 0.3) is 0 Å². The average molecular weight is 199 g/mol. The molecule has 1 rings (SSSR count). The molecule has 1 aromatic carbocycles. The minimum Gasteiger partial charge on any atom is -0.376 e. The molecular weight excluding hydrogens is 190 g/mol. The molecule has 0 aliphatic heterocycles. The Morgan fingerprint density at radius 1 is 1.50 bits per heavy atom. The van der Waals surface area contributed by atoms with E-state index in [0.717, 1.165) is 10.2 Å². The number of anilines is 1. The van der Waals surface area contributed by atoms with Gasteiger partial charge < -0.3 is 4.90 Å². The summed E-state index contributed by atoms with van der Waals surface area (Å²) in [5, 5.41) is 0. The van der Waals surface area contributed by atoms with Crippen molar-refractivity contribution in [2.75, 3.05) is 19.0 Å². The Bertz CT molecular complexity index is 220. The molecule has 0 fully saturated rings. The first kappa shape index (κ1) is 7.61. The van der Waals surface area contributed by atoms with Gasteiger partial charge in [-0.2, -0.15) is 0 Å². The number of nitrogens with zero attached hydrogens (tertiary/aromatic N) is 1. The Morgan fingerprint density at radius 3 is 2.60 bits per heavy atom. The lowest BCUT2D eigenvalue weighted by Gasteiger charge is -2.12. The Labute approximate surface area is 69.8 Å². The fraction of sp³-hybridized carbons (Fsp3) is 0.250. The zero-order valence-electron chi connectivity index (χ0n) is 6.06. The van der Waals surface area contributed by atoms with Gasteiger partial charge in [0, 0.05) is 24.6 Å². The van der Waals surface area contributed by atoms with E-state index in [4.69, 9.17) is 0 Å². The van der Waals surface area contributed by atoms with Crippen molar-refractivity contribution in [3.8, 4) is 0 Å². The first-order valence-electron chi connectivity index (χ1n) is 3.05. The molecule has 53 valence electrons. The number of halogens is 1. The smallest absolute Gasteiger partial charge is 0.0585 e. The summed E-state index contributed by atoms with van der Waals surface area (Å²) >= 11 is 3.42. The van der Waals surface area contributed by atoms with Crippen molar-refractivity contribution in [3.63, 3.8) is 0 Å². The van der Waals surface area contributed by atoms with Gasteiger partial charge in [0.05, 0.1) is 5.69 Å².